The summed E-state index contributed by atoms with van der Waals surface area (Å²) in [6.45, 7) is 2.58. The number of aromatic hydroxyl groups is 1. The van der Waals surface area contributed by atoms with Gasteiger partial charge in [-0.25, -0.2) is 4.98 Å². The highest BCUT2D eigenvalue weighted by atomic mass is 16.3. The van der Waals surface area contributed by atoms with Crippen LogP contribution < -0.4 is 16.6 Å². The summed E-state index contributed by atoms with van der Waals surface area (Å²) in [6.07, 6.45) is 6.66. The highest BCUT2D eigenvalue weighted by Gasteiger charge is 2.29. The lowest BCUT2D eigenvalue weighted by Crippen LogP contribution is -2.34. The molecule has 2 amide bonds. The highest BCUT2D eigenvalue weighted by molar-refractivity contribution is 5.94. The van der Waals surface area contributed by atoms with Crippen molar-refractivity contribution in [2.75, 3.05) is 19.9 Å². The predicted octanol–water partition coefficient (Wildman–Crippen LogP) is 1.76. The summed E-state index contributed by atoms with van der Waals surface area (Å²) >= 11 is 0. The molecule has 1 aromatic heterocycles. The molecule has 0 radical (unpaired) electrons. The van der Waals surface area contributed by atoms with Crippen LogP contribution in [-0.4, -0.2) is 57.4 Å². The first-order valence-corrected chi connectivity index (χ1v) is 11.9. The van der Waals surface area contributed by atoms with Gasteiger partial charge in [-0.2, -0.15) is 0 Å². The van der Waals surface area contributed by atoms with Crippen LogP contribution in [0.2, 0.25) is 0 Å². The molecule has 5 N–H and O–H groups in total. The standard InChI is InChI=1S/C19H23N5O4.C5H10O.CH4O/c1-23(11-25)14-8-4-5-9-24-17(14)22-15(16(26)19(24)28)18(27)21-10-12-6-2-3-7-13(12)20;1-2-3-4-5-6;1-2/h2-3,6-7,11,14,26H,4-5,8-10,20H2,1H3,(H,21,27);5H,2-4H2,1H3;2H,1H3. The van der Waals surface area contributed by atoms with Crippen molar-refractivity contribution >= 4 is 24.3 Å². The van der Waals surface area contributed by atoms with Gasteiger partial charge in [0.25, 0.3) is 11.5 Å². The van der Waals surface area contributed by atoms with E-state index in [-0.39, 0.29) is 12.2 Å². The number of anilines is 1. The number of nitrogens with zero attached hydrogens (tertiary/aromatic N) is 3. The molecule has 0 spiro atoms. The second kappa shape index (κ2) is 16.0. The van der Waals surface area contributed by atoms with Crippen molar-refractivity contribution in [3.05, 3.63) is 51.7 Å². The molecule has 0 saturated carbocycles. The molecule has 2 aromatic rings. The van der Waals surface area contributed by atoms with Crippen molar-refractivity contribution in [2.45, 2.75) is 64.6 Å². The molecule has 0 aliphatic carbocycles. The normalized spacial score (nSPS) is 13.9. The molecule has 2 heterocycles. The van der Waals surface area contributed by atoms with Gasteiger partial charge in [-0.1, -0.05) is 31.5 Å². The van der Waals surface area contributed by atoms with Gasteiger partial charge in [-0.3, -0.25) is 19.0 Å². The zero-order valence-corrected chi connectivity index (χ0v) is 21.1. The molecule has 0 saturated heterocycles. The third-order valence-electron chi connectivity index (χ3n) is 5.63. The number of unbranched alkanes of at least 4 members (excludes halogenated alkanes) is 2. The molecule has 11 nitrogen and oxygen atoms in total. The van der Waals surface area contributed by atoms with E-state index in [1.54, 1.807) is 31.3 Å². The summed E-state index contributed by atoms with van der Waals surface area (Å²) in [4.78, 5) is 51.8. The number of fused-ring (bicyclic) bond motifs is 1. The Kier molecular flexibility index (Phi) is 13.5. The summed E-state index contributed by atoms with van der Waals surface area (Å²) in [5.41, 5.74) is 6.07. The maximum atomic E-state index is 12.6. The first kappa shape index (κ1) is 30.3. The van der Waals surface area contributed by atoms with E-state index in [1.165, 1.54) is 9.47 Å². The number of amides is 2. The number of nitrogen functional groups attached to an aromatic ring is 1. The van der Waals surface area contributed by atoms with E-state index in [4.69, 9.17) is 10.8 Å². The molecule has 1 unspecified atom stereocenters. The van der Waals surface area contributed by atoms with Crippen LogP contribution in [0.25, 0.3) is 0 Å². The van der Waals surface area contributed by atoms with E-state index in [1.807, 2.05) is 0 Å². The maximum absolute atomic E-state index is 12.6. The summed E-state index contributed by atoms with van der Waals surface area (Å²) in [5, 5.41) is 19.9. The number of aliphatic hydroxyl groups is 1. The fraction of sp³-hybridized carbons (Fsp3) is 0.480. The van der Waals surface area contributed by atoms with Crippen LogP contribution in [0.15, 0.2) is 29.1 Å². The zero-order chi connectivity index (χ0) is 27.1. The van der Waals surface area contributed by atoms with E-state index >= 15 is 0 Å². The lowest BCUT2D eigenvalue weighted by Gasteiger charge is -2.24. The third kappa shape index (κ3) is 8.19. The average Bonchev–Trinajstić information content (AvgIpc) is 3.12. The van der Waals surface area contributed by atoms with Gasteiger partial charge < -0.3 is 31.0 Å². The molecule has 11 heteroatoms. The van der Waals surface area contributed by atoms with Gasteiger partial charge in [-0.15, -0.1) is 0 Å². The van der Waals surface area contributed by atoms with Crippen LogP contribution in [0.4, 0.5) is 5.69 Å². The number of aldehydes is 1. The van der Waals surface area contributed by atoms with Crippen molar-refractivity contribution in [1.29, 1.82) is 0 Å². The van der Waals surface area contributed by atoms with E-state index in [0.29, 0.717) is 36.5 Å². The Morgan fingerprint density at radius 3 is 2.56 bits per heavy atom. The summed E-state index contributed by atoms with van der Waals surface area (Å²) < 4.78 is 1.35. The molecule has 1 aliphatic rings. The fourth-order valence-electron chi connectivity index (χ4n) is 3.63. The lowest BCUT2D eigenvalue weighted by atomic mass is 10.1. The topological polar surface area (TPSA) is 168 Å². The van der Waals surface area contributed by atoms with E-state index < -0.39 is 23.3 Å². The number of aromatic nitrogens is 2. The van der Waals surface area contributed by atoms with Crippen LogP contribution >= 0.6 is 0 Å². The highest BCUT2D eigenvalue weighted by Crippen LogP contribution is 2.27. The van der Waals surface area contributed by atoms with E-state index in [0.717, 1.165) is 45.5 Å². The largest absolute Gasteiger partial charge is 0.501 e. The third-order valence-corrected chi connectivity index (χ3v) is 5.63. The second-order valence-electron chi connectivity index (χ2n) is 8.10. The Labute approximate surface area is 211 Å². The first-order valence-electron chi connectivity index (χ1n) is 11.9. The molecule has 3 rings (SSSR count). The van der Waals surface area contributed by atoms with Crippen LogP contribution in [0.3, 0.4) is 0 Å². The second-order valence-corrected chi connectivity index (χ2v) is 8.10. The molecule has 0 bridgehead atoms. The summed E-state index contributed by atoms with van der Waals surface area (Å²) in [5.74, 6) is -1.08. The van der Waals surface area contributed by atoms with Crippen LogP contribution in [0.1, 0.15) is 73.4 Å². The van der Waals surface area contributed by atoms with Crippen LogP contribution in [0.5, 0.6) is 5.75 Å². The summed E-state index contributed by atoms with van der Waals surface area (Å²) in [7, 11) is 2.60. The number of carbonyl (C=O) groups is 3. The molecule has 0 fully saturated rings. The Hall–Kier alpha value is -3.73. The molecule has 1 aromatic carbocycles. The minimum Gasteiger partial charge on any atom is -0.501 e. The molecular formula is C25H37N5O6. The average molecular weight is 504 g/mol. The van der Waals surface area contributed by atoms with Crippen molar-refractivity contribution in [3.8, 4) is 5.75 Å². The van der Waals surface area contributed by atoms with Crippen molar-refractivity contribution in [1.82, 2.24) is 19.8 Å². The van der Waals surface area contributed by atoms with Gasteiger partial charge in [0.15, 0.2) is 5.69 Å². The Morgan fingerprint density at radius 1 is 1.28 bits per heavy atom. The van der Waals surface area contributed by atoms with Gasteiger partial charge in [0.1, 0.15) is 12.1 Å². The molecule has 1 aliphatic heterocycles. The SMILES string of the molecule is CCCCC=O.CN(C=O)C1CCCCn2c1nc(C(=O)NCc1ccccc1N)c(O)c2=O.CO. The van der Waals surface area contributed by atoms with E-state index in [9.17, 15) is 24.3 Å². The number of nitrogens with one attached hydrogen (secondary N) is 1. The molecular weight excluding hydrogens is 466 g/mol. The van der Waals surface area contributed by atoms with E-state index in [2.05, 4.69) is 17.2 Å². The molecule has 1 atom stereocenters. The zero-order valence-electron chi connectivity index (χ0n) is 21.1. The number of para-hydroxylation sites is 1. The minimum absolute atomic E-state index is 0.128. The Morgan fingerprint density at radius 2 is 1.97 bits per heavy atom. The van der Waals surface area contributed by atoms with Crippen LogP contribution in [-0.2, 0) is 22.7 Å². The quantitative estimate of drug-likeness (QED) is 0.240. The predicted molar refractivity (Wildman–Crippen MR) is 136 cm³/mol. The number of hydrogen-bond donors (Lipinski definition) is 4. The Balaban J connectivity index is 0.000000710. The minimum atomic E-state index is -0.698. The maximum Gasteiger partial charge on any atom is 0.296 e. The van der Waals surface area contributed by atoms with Gasteiger partial charge in [-0.05, 0) is 37.3 Å². The van der Waals surface area contributed by atoms with Crippen molar-refractivity contribution in [2.24, 2.45) is 0 Å². The number of carbonyl (C=O) groups excluding carboxylic acids is 3. The number of rotatable bonds is 8. The number of benzene rings is 1. The first-order chi connectivity index (χ1) is 17.3. The smallest absolute Gasteiger partial charge is 0.296 e. The lowest BCUT2D eigenvalue weighted by molar-refractivity contribution is -0.119. The summed E-state index contributed by atoms with van der Waals surface area (Å²) in [6, 6.07) is 6.62. The van der Waals surface area contributed by atoms with Gasteiger partial charge in [0.05, 0.1) is 6.04 Å². The van der Waals surface area contributed by atoms with Crippen LogP contribution in [0, 0.1) is 0 Å². The monoisotopic (exact) mass is 503 g/mol. The Bertz CT molecular complexity index is 1060. The number of aliphatic hydroxyl groups excluding tert-OH is 1. The van der Waals surface area contributed by atoms with Crippen molar-refractivity contribution in [3.63, 3.8) is 0 Å². The number of hydrogen-bond acceptors (Lipinski definition) is 8. The van der Waals surface area contributed by atoms with Crippen molar-refractivity contribution < 1.29 is 24.6 Å². The molecule has 36 heavy (non-hydrogen) atoms. The fourth-order valence-corrected chi connectivity index (χ4v) is 3.63. The molecule has 198 valence electrons. The van der Waals surface area contributed by atoms with Gasteiger partial charge >= 0.3 is 0 Å². The number of nitrogens with two attached hydrogens (primary N) is 1. The van der Waals surface area contributed by atoms with Gasteiger partial charge in [0.2, 0.25) is 12.2 Å². The van der Waals surface area contributed by atoms with Gasteiger partial charge in [0, 0.05) is 39.4 Å².